The molecule has 0 aliphatic rings. The van der Waals surface area contributed by atoms with Crippen LogP contribution in [0, 0.1) is 7.14 Å². The highest BCUT2D eigenvalue weighted by Gasteiger charge is 2.13. The molecular formula is C12H11I2NO4. The Balaban J connectivity index is 3.34. The van der Waals surface area contributed by atoms with Crippen molar-refractivity contribution in [3.8, 4) is 5.75 Å². The molecule has 19 heavy (non-hydrogen) atoms. The van der Waals surface area contributed by atoms with E-state index in [1.165, 1.54) is 20.1 Å². The van der Waals surface area contributed by atoms with Gasteiger partial charge in [0.1, 0.15) is 11.4 Å². The lowest BCUT2D eigenvalue weighted by Gasteiger charge is -2.10. The summed E-state index contributed by atoms with van der Waals surface area (Å²) in [5, 5.41) is 11.3. The predicted molar refractivity (Wildman–Crippen MR) is 87.9 cm³/mol. The molecule has 0 saturated carbocycles. The van der Waals surface area contributed by atoms with Crippen molar-refractivity contribution in [2.24, 2.45) is 0 Å². The first kappa shape index (κ1) is 16.2. The summed E-state index contributed by atoms with van der Waals surface area (Å²) in [4.78, 5) is 22.1. The summed E-state index contributed by atoms with van der Waals surface area (Å²) in [5.41, 5.74) is 0.411. The number of aliphatic carboxylic acids is 1. The second-order valence-corrected chi connectivity index (χ2v) is 5.96. The molecule has 0 heterocycles. The number of carbonyl (C=O) groups excluding carboxylic acids is 1. The van der Waals surface area contributed by atoms with Crippen LogP contribution >= 0.6 is 45.2 Å². The molecule has 7 heteroatoms. The molecule has 5 nitrogen and oxygen atoms in total. The number of carboxylic acid groups (broad SMARTS) is 1. The van der Waals surface area contributed by atoms with E-state index in [4.69, 9.17) is 9.84 Å². The van der Waals surface area contributed by atoms with Gasteiger partial charge in [-0.15, -0.1) is 0 Å². The third-order valence-electron chi connectivity index (χ3n) is 2.08. The normalized spacial score (nSPS) is 11.1. The van der Waals surface area contributed by atoms with Crippen molar-refractivity contribution >= 4 is 63.1 Å². The highest BCUT2D eigenvalue weighted by molar-refractivity contribution is 14.1. The lowest BCUT2D eigenvalue weighted by Crippen LogP contribution is -2.24. The molecule has 1 aromatic carbocycles. The number of carboxylic acids is 1. The van der Waals surface area contributed by atoms with Crippen molar-refractivity contribution in [3.05, 3.63) is 30.5 Å². The van der Waals surface area contributed by atoms with Gasteiger partial charge in [-0.05, 0) is 63.4 Å². The number of carbonyl (C=O) groups is 2. The molecule has 0 aliphatic heterocycles. The highest BCUT2D eigenvalue weighted by atomic mass is 127. The molecule has 0 unspecified atom stereocenters. The van der Waals surface area contributed by atoms with Gasteiger partial charge in [0.15, 0.2) is 0 Å². The number of halogens is 2. The molecule has 0 radical (unpaired) electrons. The van der Waals surface area contributed by atoms with E-state index in [2.05, 4.69) is 50.5 Å². The first-order chi connectivity index (χ1) is 8.85. The number of hydrogen-bond acceptors (Lipinski definition) is 3. The molecule has 1 amide bonds. The van der Waals surface area contributed by atoms with Gasteiger partial charge in [0, 0.05) is 16.1 Å². The van der Waals surface area contributed by atoms with Crippen molar-refractivity contribution in [1.82, 2.24) is 5.32 Å². The number of rotatable bonds is 4. The van der Waals surface area contributed by atoms with Crippen molar-refractivity contribution < 1.29 is 19.4 Å². The Kier molecular flexibility index (Phi) is 6.04. The van der Waals surface area contributed by atoms with Gasteiger partial charge in [0.05, 0.1) is 10.7 Å². The van der Waals surface area contributed by atoms with Crippen LogP contribution < -0.4 is 10.1 Å². The lowest BCUT2D eigenvalue weighted by atomic mass is 10.1. The van der Waals surface area contributed by atoms with E-state index in [1.807, 2.05) is 6.07 Å². The minimum Gasteiger partial charge on any atom is -0.495 e. The average Bonchev–Trinajstić information content (AvgIpc) is 2.26. The summed E-state index contributed by atoms with van der Waals surface area (Å²) >= 11 is 4.24. The van der Waals surface area contributed by atoms with E-state index in [0.717, 1.165) is 7.14 Å². The van der Waals surface area contributed by atoms with E-state index in [-0.39, 0.29) is 5.70 Å². The Labute approximate surface area is 137 Å². The number of ether oxygens (including phenoxy) is 1. The average molecular weight is 487 g/mol. The Morgan fingerprint density at radius 3 is 2.47 bits per heavy atom. The van der Waals surface area contributed by atoms with Crippen LogP contribution in [0.3, 0.4) is 0 Å². The minimum atomic E-state index is -1.20. The molecule has 1 aromatic rings. The number of amides is 1. The smallest absolute Gasteiger partial charge is 0.352 e. The van der Waals surface area contributed by atoms with Crippen LogP contribution in [0.2, 0.25) is 0 Å². The maximum absolute atomic E-state index is 11.1. The zero-order valence-corrected chi connectivity index (χ0v) is 14.5. The Morgan fingerprint density at radius 2 is 2.00 bits per heavy atom. The zero-order valence-electron chi connectivity index (χ0n) is 10.2. The fourth-order valence-corrected chi connectivity index (χ4v) is 3.51. The van der Waals surface area contributed by atoms with Gasteiger partial charge in [0.2, 0.25) is 5.91 Å². The number of methoxy groups -OCH3 is 1. The number of hydrogen-bond donors (Lipinski definition) is 2. The fraction of sp³-hybridized carbons (Fsp3) is 0.167. The summed E-state index contributed by atoms with van der Waals surface area (Å²) < 4.78 is 7.07. The van der Waals surface area contributed by atoms with Gasteiger partial charge < -0.3 is 15.2 Å². The molecule has 0 saturated heterocycles. The lowest BCUT2D eigenvalue weighted by molar-refractivity contribution is -0.134. The standard InChI is InChI=1S/C12H11I2NO4/c1-6(16)15-10(12(17)18)4-7-3-8(13)5-9(14)11(7)19-2/h3-5H,1-2H3,(H,15,16)(H,17,18)/b10-4+. The Bertz CT molecular complexity index is 555. The van der Waals surface area contributed by atoms with Crippen LogP contribution in [-0.4, -0.2) is 24.1 Å². The molecule has 0 spiro atoms. The van der Waals surface area contributed by atoms with Gasteiger partial charge in [-0.3, -0.25) is 4.79 Å². The van der Waals surface area contributed by atoms with E-state index in [0.29, 0.717) is 11.3 Å². The molecule has 0 atom stereocenters. The first-order valence-corrected chi connectivity index (χ1v) is 7.26. The third kappa shape index (κ3) is 4.64. The van der Waals surface area contributed by atoms with E-state index >= 15 is 0 Å². The summed E-state index contributed by atoms with van der Waals surface area (Å²) in [6.45, 7) is 1.26. The summed E-state index contributed by atoms with van der Waals surface area (Å²) in [6.07, 6.45) is 1.38. The molecule has 0 aliphatic carbocycles. The Hall–Kier alpha value is -0.840. The quantitative estimate of drug-likeness (QED) is 0.506. The third-order valence-corrected chi connectivity index (χ3v) is 3.51. The second kappa shape index (κ2) is 7.08. The second-order valence-electron chi connectivity index (χ2n) is 3.55. The molecule has 0 aromatic heterocycles. The van der Waals surface area contributed by atoms with Crippen LogP contribution in [0.1, 0.15) is 12.5 Å². The van der Waals surface area contributed by atoms with Crippen LogP contribution in [0.25, 0.3) is 6.08 Å². The SMILES string of the molecule is COc1c(I)cc(I)cc1/C=C(/NC(C)=O)C(=O)O. The summed E-state index contributed by atoms with van der Waals surface area (Å²) in [7, 11) is 1.51. The first-order valence-electron chi connectivity index (χ1n) is 5.10. The molecular weight excluding hydrogens is 476 g/mol. The molecule has 1 rings (SSSR count). The van der Waals surface area contributed by atoms with Crippen molar-refractivity contribution in [1.29, 1.82) is 0 Å². The fourth-order valence-electron chi connectivity index (χ4n) is 1.40. The minimum absolute atomic E-state index is 0.191. The summed E-state index contributed by atoms with van der Waals surface area (Å²) in [6, 6.07) is 3.70. The van der Waals surface area contributed by atoms with Crippen molar-refractivity contribution in [2.75, 3.05) is 7.11 Å². The van der Waals surface area contributed by atoms with Gasteiger partial charge in [0.25, 0.3) is 0 Å². The number of nitrogens with one attached hydrogen (secondary N) is 1. The van der Waals surface area contributed by atoms with Crippen LogP contribution in [-0.2, 0) is 9.59 Å². The van der Waals surface area contributed by atoms with E-state index in [9.17, 15) is 9.59 Å². The molecule has 0 bridgehead atoms. The zero-order chi connectivity index (χ0) is 14.6. The van der Waals surface area contributed by atoms with E-state index < -0.39 is 11.9 Å². The van der Waals surface area contributed by atoms with Gasteiger partial charge in [-0.1, -0.05) is 0 Å². The van der Waals surface area contributed by atoms with Crippen molar-refractivity contribution in [3.63, 3.8) is 0 Å². The molecule has 0 fully saturated rings. The molecule has 102 valence electrons. The van der Waals surface area contributed by atoms with Crippen LogP contribution in [0.5, 0.6) is 5.75 Å². The van der Waals surface area contributed by atoms with Gasteiger partial charge >= 0.3 is 5.97 Å². The van der Waals surface area contributed by atoms with E-state index in [1.54, 1.807) is 6.07 Å². The summed E-state index contributed by atoms with van der Waals surface area (Å²) in [5.74, 6) is -1.07. The van der Waals surface area contributed by atoms with Gasteiger partial charge in [-0.2, -0.15) is 0 Å². The van der Waals surface area contributed by atoms with Gasteiger partial charge in [-0.25, -0.2) is 4.79 Å². The monoisotopic (exact) mass is 487 g/mol. The van der Waals surface area contributed by atoms with Crippen LogP contribution in [0.4, 0.5) is 0 Å². The highest BCUT2D eigenvalue weighted by Crippen LogP contribution is 2.29. The van der Waals surface area contributed by atoms with Crippen molar-refractivity contribution in [2.45, 2.75) is 6.92 Å². The Morgan fingerprint density at radius 1 is 1.37 bits per heavy atom. The largest absolute Gasteiger partial charge is 0.495 e. The maximum Gasteiger partial charge on any atom is 0.352 e. The number of benzene rings is 1. The topological polar surface area (TPSA) is 75.6 Å². The predicted octanol–water partition coefficient (Wildman–Crippen LogP) is 2.47. The molecule has 2 N–H and O–H groups in total. The maximum atomic E-state index is 11.1. The van der Waals surface area contributed by atoms with Crippen LogP contribution in [0.15, 0.2) is 17.8 Å².